The van der Waals surface area contributed by atoms with E-state index in [2.05, 4.69) is 10.00 Å². The minimum atomic E-state index is -0.0738. The summed E-state index contributed by atoms with van der Waals surface area (Å²) in [5.74, 6) is 0.411. The predicted molar refractivity (Wildman–Crippen MR) is 91.6 cm³/mol. The molecule has 1 unspecified atom stereocenters. The molecule has 0 aliphatic carbocycles. The molecule has 7 nitrogen and oxygen atoms in total. The SMILES string of the molecule is CC(C)C(=O)N1CCN(C2CCCN(c3cnn(C)c3)C2=O)CC1. The van der Waals surface area contributed by atoms with Gasteiger partial charge < -0.3 is 9.80 Å². The van der Waals surface area contributed by atoms with Crippen molar-refractivity contribution in [1.29, 1.82) is 0 Å². The quantitative estimate of drug-likeness (QED) is 0.818. The summed E-state index contributed by atoms with van der Waals surface area (Å²) in [6.07, 6.45) is 5.53. The zero-order valence-electron chi connectivity index (χ0n) is 14.8. The monoisotopic (exact) mass is 333 g/mol. The average Bonchev–Trinajstić information content (AvgIpc) is 3.01. The third kappa shape index (κ3) is 3.31. The van der Waals surface area contributed by atoms with Crippen LogP contribution >= 0.6 is 0 Å². The van der Waals surface area contributed by atoms with Crippen molar-refractivity contribution in [3.8, 4) is 0 Å². The summed E-state index contributed by atoms with van der Waals surface area (Å²) in [5.41, 5.74) is 0.876. The smallest absolute Gasteiger partial charge is 0.244 e. The molecule has 0 aromatic carbocycles. The Labute approximate surface area is 143 Å². The summed E-state index contributed by atoms with van der Waals surface area (Å²) in [6.45, 7) is 7.61. The van der Waals surface area contributed by atoms with Crippen LogP contribution in [-0.4, -0.2) is 70.2 Å². The highest BCUT2D eigenvalue weighted by molar-refractivity contribution is 5.97. The van der Waals surface area contributed by atoms with Crippen molar-refractivity contribution in [3.63, 3.8) is 0 Å². The molecule has 2 aliphatic rings. The van der Waals surface area contributed by atoms with Crippen LogP contribution in [0, 0.1) is 5.92 Å². The van der Waals surface area contributed by atoms with Gasteiger partial charge in [-0.3, -0.25) is 19.2 Å². The van der Waals surface area contributed by atoms with Gasteiger partial charge in [0.15, 0.2) is 0 Å². The first-order valence-corrected chi connectivity index (χ1v) is 8.80. The van der Waals surface area contributed by atoms with E-state index in [1.54, 1.807) is 10.9 Å². The minimum Gasteiger partial charge on any atom is -0.340 e. The lowest BCUT2D eigenvalue weighted by Gasteiger charge is -2.42. The Bertz CT molecular complexity index is 604. The van der Waals surface area contributed by atoms with E-state index in [4.69, 9.17) is 0 Å². The van der Waals surface area contributed by atoms with Crippen molar-refractivity contribution in [2.24, 2.45) is 13.0 Å². The standard InChI is InChI=1S/C17H27N5O2/c1-13(2)16(23)21-9-7-20(8-10-21)15-5-4-6-22(17(15)24)14-11-18-19(3)12-14/h11-13,15H,4-10H2,1-3H3. The van der Waals surface area contributed by atoms with Crippen LogP contribution in [0.3, 0.4) is 0 Å². The Hall–Kier alpha value is -1.89. The molecule has 2 saturated heterocycles. The molecule has 2 aliphatic heterocycles. The van der Waals surface area contributed by atoms with Gasteiger partial charge in [0.05, 0.1) is 17.9 Å². The lowest BCUT2D eigenvalue weighted by molar-refractivity contribution is -0.137. The van der Waals surface area contributed by atoms with E-state index in [1.807, 2.05) is 36.9 Å². The van der Waals surface area contributed by atoms with E-state index in [-0.39, 0.29) is 23.8 Å². The van der Waals surface area contributed by atoms with Gasteiger partial charge in [0, 0.05) is 51.9 Å². The molecule has 0 radical (unpaired) electrons. The van der Waals surface area contributed by atoms with Gasteiger partial charge in [-0.15, -0.1) is 0 Å². The number of nitrogens with zero attached hydrogens (tertiary/aromatic N) is 5. The van der Waals surface area contributed by atoms with Crippen molar-refractivity contribution in [3.05, 3.63) is 12.4 Å². The van der Waals surface area contributed by atoms with E-state index >= 15 is 0 Å². The van der Waals surface area contributed by atoms with Crippen molar-refractivity contribution in [2.75, 3.05) is 37.6 Å². The van der Waals surface area contributed by atoms with E-state index in [9.17, 15) is 9.59 Å². The number of amides is 2. The summed E-state index contributed by atoms with van der Waals surface area (Å²) in [4.78, 5) is 31.1. The number of carbonyl (C=O) groups excluding carboxylic acids is 2. The second-order valence-corrected chi connectivity index (χ2v) is 7.04. The minimum absolute atomic E-state index is 0.0361. The third-order valence-electron chi connectivity index (χ3n) is 4.97. The van der Waals surface area contributed by atoms with Crippen molar-refractivity contribution in [1.82, 2.24) is 19.6 Å². The summed E-state index contributed by atoms with van der Waals surface area (Å²) in [7, 11) is 1.86. The number of piperidine rings is 1. The molecule has 0 N–H and O–H groups in total. The highest BCUT2D eigenvalue weighted by Crippen LogP contribution is 2.24. The summed E-state index contributed by atoms with van der Waals surface area (Å²) in [6, 6.07) is -0.0738. The Balaban J connectivity index is 1.63. The van der Waals surface area contributed by atoms with Gasteiger partial charge in [0.2, 0.25) is 11.8 Å². The zero-order valence-corrected chi connectivity index (χ0v) is 14.8. The van der Waals surface area contributed by atoms with Gasteiger partial charge in [-0.1, -0.05) is 13.8 Å². The number of carbonyl (C=O) groups is 2. The van der Waals surface area contributed by atoms with Crippen LogP contribution in [0.1, 0.15) is 26.7 Å². The van der Waals surface area contributed by atoms with Crippen LogP contribution in [-0.2, 0) is 16.6 Å². The zero-order chi connectivity index (χ0) is 17.3. The fourth-order valence-corrected chi connectivity index (χ4v) is 3.62. The van der Waals surface area contributed by atoms with Gasteiger partial charge >= 0.3 is 0 Å². The van der Waals surface area contributed by atoms with E-state index in [0.717, 1.165) is 38.2 Å². The highest BCUT2D eigenvalue weighted by Gasteiger charge is 2.36. The van der Waals surface area contributed by atoms with Crippen LogP contribution in [0.2, 0.25) is 0 Å². The second-order valence-electron chi connectivity index (χ2n) is 7.04. The van der Waals surface area contributed by atoms with Crippen LogP contribution < -0.4 is 4.90 Å². The number of aryl methyl sites for hydroxylation is 1. The highest BCUT2D eigenvalue weighted by atomic mass is 16.2. The van der Waals surface area contributed by atoms with Crippen LogP contribution in [0.15, 0.2) is 12.4 Å². The third-order valence-corrected chi connectivity index (χ3v) is 4.97. The maximum atomic E-state index is 12.9. The first-order valence-electron chi connectivity index (χ1n) is 8.80. The van der Waals surface area contributed by atoms with Crippen LogP contribution in [0.4, 0.5) is 5.69 Å². The molecule has 3 rings (SSSR count). The molecule has 0 saturated carbocycles. The summed E-state index contributed by atoms with van der Waals surface area (Å²) >= 11 is 0. The molecule has 1 atom stereocenters. The number of hydrogen-bond acceptors (Lipinski definition) is 4. The molecular formula is C17H27N5O2. The fourth-order valence-electron chi connectivity index (χ4n) is 3.62. The van der Waals surface area contributed by atoms with Crippen molar-refractivity contribution < 1.29 is 9.59 Å². The molecule has 7 heteroatoms. The maximum absolute atomic E-state index is 12.9. The van der Waals surface area contributed by atoms with Crippen molar-refractivity contribution in [2.45, 2.75) is 32.7 Å². The molecule has 1 aromatic heterocycles. The molecule has 0 spiro atoms. The maximum Gasteiger partial charge on any atom is 0.244 e. The first kappa shape index (κ1) is 17.0. The van der Waals surface area contributed by atoms with E-state index in [0.29, 0.717) is 13.1 Å². The lowest BCUT2D eigenvalue weighted by atomic mass is 10.0. The molecule has 0 bridgehead atoms. The number of piperazine rings is 1. The topological polar surface area (TPSA) is 61.7 Å². The molecule has 24 heavy (non-hydrogen) atoms. The van der Waals surface area contributed by atoms with E-state index < -0.39 is 0 Å². The summed E-state index contributed by atoms with van der Waals surface area (Å²) in [5, 5.41) is 4.17. The molecule has 2 fully saturated rings. The fraction of sp³-hybridized carbons (Fsp3) is 0.706. The lowest BCUT2D eigenvalue weighted by Crippen LogP contribution is -2.58. The van der Waals surface area contributed by atoms with E-state index in [1.165, 1.54) is 0 Å². The Morgan fingerprint density at radius 3 is 2.50 bits per heavy atom. The van der Waals surface area contributed by atoms with Gasteiger partial charge in [-0.25, -0.2) is 0 Å². The van der Waals surface area contributed by atoms with Crippen LogP contribution in [0.5, 0.6) is 0 Å². The number of anilines is 1. The second kappa shape index (κ2) is 6.93. The number of aromatic nitrogens is 2. The number of rotatable bonds is 3. The van der Waals surface area contributed by atoms with Gasteiger partial charge in [-0.05, 0) is 12.8 Å². The number of hydrogen-bond donors (Lipinski definition) is 0. The Morgan fingerprint density at radius 1 is 1.21 bits per heavy atom. The van der Waals surface area contributed by atoms with Crippen molar-refractivity contribution >= 4 is 17.5 Å². The first-order chi connectivity index (χ1) is 11.5. The Morgan fingerprint density at radius 2 is 1.92 bits per heavy atom. The molecular weight excluding hydrogens is 306 g/mol. The predicted octanol–water partition coefficient (Wildman–Crippen LogP) is 0.716. The van der Waals surface area contributed by atoms with Gasteiger partial charge in [-0.2, -0.15) is 5.10 Å². The largest absolute Gasteiger partial charge is 0.340 e. The average molecular weight is 333 g/mol. The normalized spacial score (nSPS) is 23.2. The van der Waals surface area contributed by atoms with Gasteiger partial charge in [0.1, 0.15) is 0 Å². The van der Waals surface area contributed by atoms with Gasteiger partial charge in [0.25, 0.3) is 0 Å². The molecule has 132 valence electrons. The Kier molecular flexibility index (Phi) is 4.89. The van der Waals surface area contributed by atoms with Crippen LogP contribution in [0.25, 0.3) is 0 Å². The molecule has 1 aromatic rings. The molecule has 2 amide bonds. The summed E-state index contributed by atoms with van der Waals surface area (Å²) < 4.78 is 1.72. The molecule has 3 heterocycles.